The minimum Gasteiger partial charge on any atom is -0.506 e. The van der Waals surface area contributed by atoms with E-state index in [4.69, 9.17) is 11.6 Å². The molecule has 0 saturated carbocycles. The Kier molecular flexibility index (Phi) is 3.42. The van der Waals surface area contributed by atoms with E-state index in [0.717, 1.165) is 18.5 Å². The molecule has 1 aliphatic rings. The van der Waals surface area contributed by atoms with Crippen molar-refractivity contribution in [1.82, 2.24) is 0 Å². The van der Waals surface area contributed by atoms with Gasteiger partial charge in [-0.1, -0.05) is 39.7 Å². The molecule has 0 bridgehead atoms. The molecule has 4 heteroatoms. The highest BCUT2D eigenvalue weighted by Gasteiger charge is 2.23. The van der Waals surface area contributed by atoms with E-state index in [0.29, 0.717) is 11.1 Å². The molecule has 19 heavy (non-hydrogen) atoms. The van der Waals surface area contributed by atoms with Gasteiger partial charge in [0.1, 0.15) is 5.75 Å². The first-order valence-corrected chi connectivity index (χ1v) is 7.34. The zero-order chi connectivity index (χ0) is 13.4. The predicted molar refractivity (Wildman–Crippen MR) is 81.9 cm³/mol. The number of phenols is 1. The summed E-state index contributed by atoms with van der Waals surface area (Å²) in [6.45, 7) is 0. The largest absolute Gasteiger partial charge is 0.506 e. The van der Waals surface area contributed by atoms with Crippen LogP contribution in [0.3, 0.4) is 0 Å². The summed E-state index contributed by atoms with van der Waals surface area (Å²) in [5, 5.41) is 13.3. The highest BCUT2D eigenvalue weighted by molar-refractivity contribution is 9.10. The van der Waals surface area contributed by atoms with Crippen LogP contribution in [0.5, 0.6) is 5.75 Å². The van der Waals surface area contributed by atoms with E-state index in [1.165, 1.54) is 15.6 Å². The third-order valence-electron chi connectivity index (χ3n) is 3.50. The molecule has 0 aliphatic heterocycles. The monoisotopic (exact) mass is 337 g/mol. The smallest absolute Gasteiger partial charge is 0.134 e. The molecule has 1 atom stereocenters. The van der Waals surface area contributed by atoms with E-state index in [9.17, 15) is 5.11 Å². The highest BCUT2D eigenvalue weighted by Crippen LogP contribution is 2.38. The van der Waals surface area contributed by atoms with Crippen LogP contribution < -0.4 is 5.32 Å². The number of hydrogen-bond donors (Lipinski definition) is 2. The second-order valence-electron chi connectivity index (χ2n) is 4.71. The summed E-state index contributed by atoms with van der Waals surface area (Å²) in [5.74, 6) is 0.113. The molecule has 0 radical (unpaired) electrons. The van der Waals surface area contributed by atoms with E-state index < -0.39 is 0 Å². The third-order valence-corrected chi connectivity index (χ3v) is 4.55. The second kappa shape index (κ2) is 5.06. The van der Waals surface area contributed by atoms with Gasteiger partial charge in [0.05, 0.1) is 11.1 Å². The SMILES string of the molecule is Oc1ccc(NC2CCc3c(Br)cccc32)cc1Cl. The highest BCUT2D eigenvalue weighted by atomic mass is 79.9. The Morgan fingerprint density at radius 1 is 1.26 bits per heavy atom. The standard InChI is InChI=1S/C15H13BrClNO/c16-12-3-1-2-11-10(12)5-6-14(11)18-9-4-7-15(19)13(17)8-9/h1-4,7-8,14,18-19H,5-6H2. The third kappa shape index (κ3) is 2.45. The van der Waals surface area contributed by atoms with Crippen molar-refractivity contribution < 1.29 is 5.11 Å². The number of benzene rings is 2. The number of halogens is 2. The molecule has 98 valence electrons. The van der Waals surface area contributed by atoms with E-state index in [2.05, 4.69) is 39.4 Å². The Labute approximate surface area is 125 Å². The van der Waals surface area contributed by atoms with Crippen LogP contribution in [0, 0.1) is 0 Å². The molecule has 2 aromatic carbocycles. The zero-order valence-corrected chi connectivity index (χ0v) is 12.5. The van der Waals surface area contributed by atoms with Crippen LogP contribution in [0.4, 0.5) is 5.69 Å². The molecule has 0 heterocycles. The molecule has 0 aromatic heterocycles. The number of aromatic hydroxyl groups is 1. The minimum absolute atomic E-state index is 0.113. The molecule has 2 N–H and O–H groups in total. The van der Waals surface area contributed by atoms with Gasteiger partial charge in [-0.15, -0.1) is 0 Å². The van der Waals surface area contributed by atoms with E-state index in [-0.39, 0.29) is 5.75 Å². The number of anilines is 1. The van der Waals surface area contributed by atoms with Gasteiger partial charge >= 0.3 is 0 Å². The summed E-state index contributed by atoms with van der Waals surface area (Å²) >= 11 is 9.53. The average molecular weight is 339 g/mol. The number of fused-ring (bicyclic) bond motifs is 1. The molecule has 0 saturated heterocycles. The number of hydrogen-bond acceptors (Lipinski definition) is 2. The zero-order valence-electron chi connectivity index (χ0n) is 10.2. The first-order chi connectivity index (χ1) is 9.15. The maximum Gasteiger partial charge on any atom is 0.134 e. The Morgan fingerprint density at radius 2 is 2.11 bits per heavy atom. The lowest BCUT2D eigenvalue weighted by Gasteiger charge is -2.16. The topological polar surface area (TPSA) is 32.3 Å². The molecular formula is C15H13BrClNO. The molecule has 0 amide bonds. The van der Waals surface area contributed by atoms with E-state index in [1.807, 2.05) is 6.07 Å². The normalized spacial score (nSPS) is 17.3. The van der Waals surface area contributed by atoms with Gasteiger partial charge in [-0.2, -0.15) is 0 Å². The predicted octanol–water partition coefficient (Wildman–Crippen LogP) is 4.91. The molecule has 2 nitrogen and oxygen atoms in total. The molecule has 3 rings (SSSR count). The Balaban J connectivity index is 1.86. The molecule has 2 aromatic rings. The summed E-state index contributed by atoms with van der Waals surface area (Å²) < 4.78 is 1.18. The number of rotatable bonds is 2. The molecule has 0 spiro atoms. The second-order valence-corrected chi connectivity index (χ2v) is 5.97. The Bertz CT molecular complexity index is 630. The first-order valence-electron chi connectivity index (χ1n) is 6.17. The van der Waals surface area contributed by atoms with Crippen molar-refractivity contribution in [2.45, 2.75) is 18.9 Å². The maximum atomic E-state index is 9.43. The average Bonchev–Trinajstić information content (AvgIpc) is 2.79. The van der Waals surface area contributed by atoms with Gasteiger partial charge in [-0.05, 0) is 48.2 Å². The van der Waals surface area contributed by atoms with Gasteiger partial charge in [0.2, 0.25) is 0 Å². The van der Waals surface area contributed by atoms with Crippen molar-refractivity contribution in [3.63, 3.8) is 0 Å². The Hall–Kier alpha value is -1.19. The van der Waals surface area contributed by atoms with Gasteiger partial charge in [-0.3, -0.25) is 0 Å². The summed E-state index contributed by atoms with van der Waals surface area (Å²) in [5.41, 5.74) is 3.64. The van der Waals surface area contributed by atoms with Crippen LogP contribution in [0.25, 0.3) is 0 Å². The lowest BCUT2D eigenvalue weighted by molar-refractivity contribution is 0.475. The van der Waals surface area contributed by atoms with Crippen molar-refractivity contribution >= 4 is 33.2 Å². The van der Waals surface area contributed by atoms with Crippen molar-refractivity contribution in [3.8, 4) is 5.75 Å². The summed E-state index contributed by atoms with van der Waals surface area (Å²) in [4.78, 5) is 0. The van der Waals surface area contributed by atoms with Gasteiger partial charge in [0.15, 0.2) is 0 Å². The minimum atomic E-state index is 0.113. The van der Waals surface area contributed by atoms with Crippen LogP contribution in [0.1, 0.15) is 23.6 Å². The number of phenolic OH excluding ortho intramolecular Hbond substituents is 1. The van der Waals surface area contributed by atoms with Gasteiger partial charge in [0.25, 0.3) is 0 Å². The van der Waals surface area contributed by atoms with Crippen LogP contribution >= 0.6 is 27.5 Å². The molecule has 0 fully saturated rings. The first kappa shape index (κ1) is 12.8. The van der Waals surface area contributed by atoms with Crippen molar-refractivity contribution in [3.05, 3.63) is 57.0 Å². The number of nitrogens with one attached hydrogen (secondary N) is 1. The molecule has 1 aliphatic carbocycles. The summed E-state index contributed by atoms with van der Waals surface area (Å²) in [7, 11) is 0. The lowest BCUT2D eigenvalue weighted by Crippen LogP contribution is -2.06. The van der Waals surface area contributed by atoms with Gasteiger partial charge < -0.3 is 10.4 Å². The summed E-state index contributed by atoms with van der Waals surface area (Å²) in [6, 6.07) is 11.8. The van der Waals surface area contributed by atoms with Crippen LogP contribution in [-0.2, 0) is 6.42 Å². The van der Waals surface area contributed by atoms with E-state index in [1.54, 1.807) is 12.1 Å². The van der Waals surface area contributed by atoms with Gasteiger partial charge in [0, 0.05) is 10.2 Å². The molecular weight excluding hydrogens is 326 g/mol. The maximum absolute atomic E-state index is 9.43. The fourth-order valence-electron chi connectivity index (χ4n) is 2.56. The van der Waals surface area contributed by atoms with Crippen molar-refractivity contribution in [2.75, 3.05) is 5.32 Å². The van der Waals surface area contributed by atoms with Crippen LogP contribution in [0.15, 0.2) is 40.9 Å². The van der Waals surface area contributed by atoms with Crippen molar-refractivity contribution in [1.29, 1.82) is 0 Å². The van der Waals surface area contributed by atoms with Crippen LogP contribution in [-0.4, -0.2) is 5.11 Å². The molecule has 1 unspecified atom stereocenters. The lowest BCUT2D eigenvalue weighted by atomic mass is 10.1. The van der Waals surface area contributed by atoms with E-state index >= 15 is 0 Å². The summed E-state index contributed by atoms with van der Waals surface area (Å²) in [6.07, 6.45) is 2.14. The fourth-order valence-corrected chi connectivity index (χ4v) is 3.32. The van der Waals surface area contributed by atoms with Crippen LogP contribution in [0.2, 0.25) is 5.02 Å². The fraction of sp³-hybridized carbons (Fsp3) is 0.200. The van der Waals surface area contributed by atoms with Gasteiger partial charge in [-0.25, -0.2) is 0 Å². The Morgan fingerprint density at radius 3 is 2.89 bits per heavy atom. The quantitative estimate of drug-likeness (QED) is 0.763. The van der Waals surface area contributed by atoms with Crippen molar-refractivity contribution in [2.24, 2.45) is 0 Å².